The highest BCUT2D eigenvalue weighted by Crippen LogP contribution is 2.31. The van der Waals surface area contributed by atoms with E-state index in [1.54, 1.807) is 0 Å². The lowest BCUT2D eigenvalue weighted by molar-refractivity contribution is -0.386. The van der Waals surface area contributed by atoms with E-state index in [4.69, 9.17) is 0 Å². The lowest BCUT2D eigenvalue weighted by Gasteiger charge is -2.04. The molecule has 0 radical (unpaired) electrons. The molecule has 0 amide bonds. The van der Waals surface area contributed by atoms with E-state index in [1.807, 2.05) is 0 Å². The van der Waals surface area contributed by atoms with Gasteiger partial charge in [-0.3, -0.25) is 10.1 Å². The third-order valence-electron chi connectivity index (χ3n) is 1.32. The second kappa shape index (κ2) is 3.52. The molecule has 1 aromatic rings. The van der Waals surface area contributed by atoms with Gasteiger partial charge in [-0.2, -0.15) is 13.2 Å². The highest BCUT2D eigenvalue weighted by molar-refractivity contribution is 9.10. The molecule has 0 saturated heterocycles. The van der Waals surface area contributed by atoms with Crippen LogP contribution in [0.25, 0.3) is 0 Å². The largest absolute Gasteiger partial charge is 0.433 e. The van der Waals surface area contributed by atoms with E-state index in [0.29, 0.717) is 6.07 Å². The van der Waals surface area contributed by atoms with Gasteiger partial charge in [0.05, 0.1) is 4.92 Å². The quantitative estimate of drug-likeness (QED) is 0.448. The summed E-state index contributed by atoms with van der Waals surface area (Å²) in [5, 5.41) is 10.2. The highest BCUT2D eigenvalue weighted by atomic mass is 79.9. The Morgan fingerprint density at radius 2 is 2.00 bits per heavy atom. The van der Waals surface area contributed by atoms with Gasteiger partial charge >= 0.3 is 11.9 Å². The van der Waals surface area contributed by atoms with Crippen molar-refractivity contribution in [2.75, 3.05) is 0 Å². The van der Waals surface area contributed by atoms with Gasteiger partial charge in [0.25, 0.3) is 0 Å². The van der Waals surface area contributed by atoms with E-state index in [0.717, 1.165) is 6.07 Å². The lowest BCUT2D eigenvalue weighted by Crippen LogP contribution is -2.08. The topological polar surface area (TPSA) is 56.0 Å². The zero-order chi connectivity index (χ0) is 10.9. The molecular weight excluding hydrogens is 269 g/mol. The van der Waals surface area contributed by atoms with Gasteiger partial charge in [-0.1, -0.05) is 0 Å². The van der Waals surface area contributed by atoms with Crippen LogP contribution in [0.3, 0.4) is 0 Å². The standard InChI is InChI=1S/C6H2BrF3N2O2/c7-5-3(12(13)14)1-2-4(11-5)6(8,9)10/h1-2H. The number of halogens is 4. The molecule has 76 valence electrons. The van der Waals surface area contributed by atoms with Crippen molar-refractivity contribution >= 4 is 21.6 Å². The third-order valence-corrected chi connectivity index (χ3v) is 1.90. The molecule has 0 saturated carbocycles. The molecule has 0 fully saturated rings. The first kappa shape index (κ1) is 10.9. The predicted octanol–water partition coefficient (Wildman–Crippen LogP) is 2.77. The molecule has 14 heavy (non-hydrogen) atoms. The molecule has 0 bridgehead atoms. The molecule has 4 nitrogen and oxygen atoms in total. The summed E-state index contributed by atoms with van der Waals surface area (Å²) in [6, 6.07) is 1.31. The average Bonchev–Trinajstić information content (AvgIpc) is 2.01. The Labute approximate surface area is 84.0 Å². The van der Waals surface area contributed by atoms with E-state index < -0.39 is 27.1 Å². The van der Waals surface area contributed by atoms with Crippen molar-refractivity contribution in [1.82, 2.24) is 4.98 Å². The SMILES string of the molecule is O=[N+]([O-])c1ccc(C(F)(F)F)nc1Br. The monoisotopic (exact) mass is 270 g/mol. The smallest absolute Gasteiger partial charge is 0.258 e. The fourth-order valence-electron chi connectivity index (χ4n) is 0.721. The maximum absolute atomic E-state index is 12.0. The zero-order valence-electron chi connectivity index (χ0n) is 6.38. The van der Waals surface area contributed by atoms with Crippen LogP contribution in [0, 0.1) is 10.1 Å². The van der Waals surface area contributed by atoms with E-state index in [-0.39, 0.29) is 0 Å². The minimum absolute atomic E-state index is 0.433. The maximum Gasteiger partial charge on any atom is 0.433 e. The van der Waals surface area contributed by atoms with Crippen LogP contribution in [0.2, 0.25) is 0 Å². The first-order valence-electron chi connectivity index (χ1n) is 3.20. The molecule has 0 aromatic carbocycles. The molecular formula is C6H2BrF3N2O2. The second-order valence-corrected chi connectivity index (χ2v) is 3.01. The highest BCUT2D eigenvalue weighted by Gasteiger charge is 2.33. The summed E-state index contributed by atoms with van der Waals surface area (Å²) < 4.78 is 35.7. The van der Waals surface area contributed by atoms with Crippen LogP contribution in [0.15, 0.2) is 16.7 Å². The molecule has 8 heteroatoms. The Bertz CT molecular complexity index is 380. The van der Waals surface area contributed by atoms with Crippen LogP contribution < -0.4 is 0 Å². The molecule has 0 aliphatic carbocycles. The van der Waals surface area contributed by atoms with Crippen LogP contribution in [-0.2, 0) is 6.18 Å². The van der Waals surface area contributed by atoms with Gasteiger partial charge in [0.1, 0.15) is 5.69 Å². The summed E-state index contributed by atoms with van der Waals surface area (Å²) >= 11 is 2.59. The number of rotatable bonds is 1. The van der Waals surface area contributed by atoms with Crippen molar-refractivity contribution in [1.29, 1.82) is 0 Å². The van der Waals surface area contributed by atoms with Crippen molar-refractivity contribution in [3.05, 3.63) is 32.5 Å². The molecule has 1 aromatic heterocycles. The summed E-state index contributed by atoms with van der Waals surface area (Å²) in [7, 11) is 0. The van der Waals surface area contributed by atoms with E-state index >= 15 is 0 Å². The van der Waals surface area contributed by atoms with Crippen LogP contribution in [0.1, 0.15) is 5.69 Å². The Hall–Kier alpha value is -1.18. The van der Waals surface area contributed by atoms with Gasteiger partial charge in [-0.05, 0) is 22.0 Å². The first-order chi connectivity index (χ1) is 6.32. The Morgan fingerprint density at radius 3 is 2.36 bits per heavy atom. The number of hydrogen-bond acceptors (Lipinski definition) is 3. The number of nitro groups is 1. The Kier molecular flexibility index (Phi) is 2.74. The molecule has 0 aliphatic rings. The molecule has 0 unspecified atom stereocenters. The van der Waals surface area contributed by atoms with Gasteiger partial charge in [-0.15, -0.1) is 0 Å². The third kappa shape index (κ3) is 2.19. The van der Waals surface area contributed by atoms with Crippen molar-refractivity contribution in [2.24, 2.45) is 0 Å². The predicted molar refractivity (Wildman–Crippen MR) is 43.6 cm³/mol. The van der Waals surface area contributed by atoms with Crippen LogP contribution in [0.5, 0.6) is 0 Å². The number of aromatic nitrogens is 1. The maximum atomic E-state index is 12.0. The van der Waals surface area contributed by atoms with Crippen molar-refractivity contribution in [3.63, 3.8) is 0 Å². The minimum Gasteiger partial charge on any atom is -0.258 e. The number of pyridine rings is 1. The van der Waals surface area contributed by atoms with E-state index in [2.05, 4.69) is 20.9 Å². The molecule has 0 spiro atoms. The number of nitrogens with zero attached hydrogens (tertiary/aromatic N) is 2. The summed E-state index contributed by atoms with van der Waals surface area (Å²) in [6.45, 7) is 0. The normalized spacial score (nSPS) is 11.4. The van der Waals surface area contributed by atoms with Gasteiger partial charge in [0.2, 0.25) is 0 Å². The van der Waals surface area contributed by atoms with Gasteiger partial charge in [0.15, 0.2) is 4.60 Å². The fraction of sp³-hybridized carbons (Fsp3) is 0.167. The Balaban J connectivity index is 3.20. The fourth-order valence-corrected chi connectivity index (χ4v) is 1.19. The zero-order valence-corrected chi connectivity index (χ0v) is 7.96. The summed E-state index contributed by atoms with van der Waals surface area (Å²) in [5.74, 6) is 0. The number of alkyl halides is 3. The first-order valence-corrected chi connectivity index (χ1v) is 4.00. The van der Waals surface area contributed by atoms with Gasteiger partial charge < -0.3 is 0 Å². The van der Waals surface area contributed by atoms with Gasteiger partial charge in [0, 0.05) is 6.07 Å². The molecule has 1 rings (SSSR count). The lowest BCUT2D eigenvalue weighted by atomic mass is 10.3. The van der Waals surface area contributed by atoms with Crippen LogP contribution in [0.4, 0.5) is 18.9 Å². The Morgan fingerprint density at radius 1 is 1.43 bits per heavy atom. The van der Waals surface area contributed by atoms with E-state index in [1.165, 1.54) is 0 Å². The van der Waals surface area contributed by atoms with Crippen molar-refractivity contribution in [2.45, 2.75) is 6.18 Å². The minimum atomic E-state index is -4.60. The van der Waals surface area contributed by atoms with Gasteiger partial charge in [-0.25, -0.2) is 4.98 Å². The second-order valence-electron chi connectivity index (χ2n) is 2.26. The van der Waals surface area contributed by atoms with Crippen LogP contribution in [-0.4, -0.2) is 9.91 Å². The molecule has 0 atom stereocenters. The molecule has 0 aliphatic heterocycles. The summed E-state index contributed by atoms with van der Waals surface area (Å²) in [5.41, 5.74) is -1.67. The molecule has 0 N–H and O–H groups in total. The van der Waals surface area contributed by atoms with E-state index in [9.17, 15) is 23.3 Å². The number of hydrogen-bond donors (Lipinski definition) is 0. The summed E-state index contributed by atoms with van der Waals surface area (Å²) in [6.07, 6.45) is -4.60. The van der Waals surface area contributed by atoms with Crippen LogP contribution >= 0.6 is 15.9 Å². The van der Waals surface area contributed by atoms with Crippen molar-refractivity contribution < 1.29 is 18.1 Å². The summed E-state index contributed by atoms with van der Waals surface area (Å²) in [4.78, 5) is 12.4. The van der Waals surface area contributed by atoms with Crippen molar-refractivity contribution in [3.8, 4) is 0 Å². The average molecular weight is 271 g/mol. The molecule has 1 heterocycles.